The number of nitrogens with one attached hydrogen (secondary N) is 2. The van der Waals surface area contributed by atoms with Crippen LogP contribution in [-0.2, 0) is 6.54 Å². The van der Waals surface area contributed by atoms with Crippen LogP contribution in [0.15, 0.2) is 66.9 Å². The first kappa shape index (κ1) is 18.3. The number of rotatable bonds is 6. The number of carbonyl (C=O) groups is 2. The number of halogens is 1. The van der Waals surface area contributed by atoms with Crippen LogP contribution < -0.4 is 10.6 Å². The van der Waals surface area contributed by atoms with E-state index in [1.807, 2.05) is 0 Å². The summed E-state index contributed by atoms with van der Waals surface area (Å²) in [4.78, 5) is 27.9. The maximum atomic E-state index is 13.7. The molecular weight excluding hydrogens is 345 g/mol. The summed E-state index contributed by atoms with van der Waals surface area (Å²) >= 11 is 0. The first-order valence-electron chi connectivity index (χ1n) is 8.38. The van der Waals surface area contributed by atoms with Gasteiger partial charge in [0.2, 0.25) is 0 Å². The number of anilines is 2. The van der Waals surface area contributed by atoms with E-state index < -0.39 is 0 Å². The summed E-state index contributed by atoms with van der Waals surface area (Å²) in [6, 6.07) is 16.3. The summed E-state index contributed by atoms with van der Waals surface area (Å²) in [5, 5.41) is 5.78. The number of aromatic nitrogens is 1. The maximum absolute atomic E-state index is 13.7. The lowest BCUT2D eigenvalue weighted by Gasteiger charge is -2.09. The van der Waals surface area contributed by atoms with Crippen molar-refractivity contribution in [1.82, 2.24) is 4.98 Å². The quantitative estimate of drug-likeness (QED) is 0.641. The van der Waals surface area contributed by atoms with Gasteiger partial charge in [-0.25, -0.2) is 9.37 Å². The van der Waals surface area contributed by atoms with E-state index in [0.29, 0.717) is 28.2 Å². The van der Waals surface area contributed by atoms with Gasteiger partial charge in [-0.15, -0.1) is 0 Å². The van der Waals surface area contributed by atoms with Crippen molar-refractivity contribution in [2.45, 2.75) is 13.5 Å². The second-order valence-corrected chi connectivity index (χ2v) is 5.96. The number of benzene rings is 2. The average molecular weight is 363 g/mol. The Morgan fingerprint density at radius 1 is 1.00 bits per heavy atom. The van der Waals surface area contributed by atoms with Gasteiger partial charge < -0.3 is 10.6 Å². The fourth-order valence-corrected chi connectivity index (χ4v) is 2.49. The second kappa shape index (κ2) is 8.23. The molecule has 3 aromatic rings. The van der Waals surface area contributed by atoms with E-state index >= 15 is 0 Å². The molecule has 6 heteroatoms. The fraction of sp³-hybridized carbons (Fsp3) is 0.0952. The Balaban J connectivity index is 1.66. The Hall–Kier alpha value is -3.54. The van der Waals surface area contributed by atoms with E-state index in [1.54, 1.807) is 54.6 Å². The van der Waals surface area contributed by atoms with Crippen LogP contribution in [-0.4, -0.2) is 16.7 Å². The van der Waals surface area contributed by atoms with Gasteiger partial charge in [0, 0.05) is 35.1 Å². The van der Waals surface area contributed by atoms with E-state index in [9.17, 15) is 14.0 Å². The average Bonchev–Trinajstić information content (AvgIpc) is 2.68. The molecule has 2 N–H and O–H groups in total. The molecule has 1 aromatic heterocycles. The van der Waals surface area contributed by atoms with E-state index in [-0.39, 0.29) is 24.1 Å². The fourth-order valence-electron chi connectivity index (χ4n) is 2.49. The van der Waals surface area contributed by atoms with E-state index in [4.69, 9.17) is 0 Å². The summed E-state index contributed by atoms with van der Waals surface area (Å²) in [6.07, 6.45) is 1.51. The monoisotopic (exact) mass is 363 g/mol. The molecule has 0 radical (unpaired) electrons. The van der Waals surface area contributed by atoms with Crippen molar-refractivity contribution in [3.63, 3.8) is 0 Å². The first-order valence-corrected chi connectivity index (χ1v) is 8.38. The third kappa shape index (κ3) is 4.76. The molecule has 0 atom stereocenters. The van der Waals surface area contributed by atoms with Crippen LogP contribution in [0.1, 0.15) is 33.2 Å². The summed E-state index contributed by atoms with van der Waals surface area (Å²) in [6.45, 7) is 1.75. The molecule has 1 heterocycles. The maximum Gasteiger partial charge on any atom is 0.255 e. The normalized spacial score (nSPS) is 10.3. The molecule has 0 bridgehead atoms. The molecule has 136 valence electrons. The molecule has 0 unspecified atom stereocenters. The van der Waals surface area contributed by atoms with Crippen LogP contribution in [0.3, 0.4) is 0 Å². The van der Waals surface area contributed by atoms with E-state index in [2.05, 4.69) is 15.6 Å². The molecule has 1 amide bonds. The SMILES string of the molecule is CC(=O)c1ccc(NC(=O)c2ccnc(NCc3ccccc3F)c2)cc1. The van der Waals surface area contributed by atoms with Crippen LogP contribution in [0.25, 0.3) is 0 Å². The number of carbonyl (C=O) groups excluding carboxylic acids is 2. The lowest BCUT2D eigenvalue weighted by molar-refractivity contribution is 0.101. The molecule has 5 nitrogen and oxygen atoms in total. The lowest BCUT2D eigenvalue weighted by atomic mass is 10.1. The van der Waals surface area contributed by atoms with E-state index in [1.165, 1.54) is 19.2 Å². The van der Waals surface area contributed by atoms with Gasteiger partial charge in [-0.1, -0.05) is 18.2 Å². The van der Waals surface area contributed by atoms with Crippen LogP contribution in [0.4, 0.5) is 15.9 Å². The number of hydrogen-bond acceptors (Lipinski definition) is 4. The van der Waals surface area contributed by atoms with Crippen LogP contribution in [0.5, 0.6) is 0 Å². The molecule has 0 aliphatic carbocycles. The largest absolute Gasteiger partial charge is 0.366 e. The second-order valence-electron chi connectivity index (χ2n) is 5.96. The van der Waals surface area contributed by atoms with Crippen LogP contribution in [0, 0.1) is 5.82 Å². The predicted molar refractivity (Wildman–Crippen MR) is 102 cm³/mol. The summed E-state index contributed by atoms with van der Waals surface area (Å²) in [5.41, 5.74) is 2.09. The summed E-state index contributed by atoms with van der Waals surface area (Å²) < 4.78 is 13.7. The number of amides is 1. The van der Waals surface area contributed by atoms with Gasteiger partial charge in [-0.05, 0) is 49.4 Å². The number of Topliss-reactive ketones (excluding diaryl/α,β-unsaturated/α-hetero) is 1. The third-order valence-corrected chi connectivity index (χ3v) is 3.99. The van der Waals surface area contributed by atoms with Gasteiger partial charge in [0.25, 0.3) is 5.91 Å². The molecule has 2 aromatic carbocycles. The zero-order chi connectivity index (χ0) is 19.2. The predicted octanol–water partition coefficient (Wildman–Crippen LogP) is 4.29. The van der Waals surface area contributed by atoms with Gasteiger partial charge in [-0.2, -0.15) is 0 Å². The minimum atomic E-state index is -0.304. The standard InChI is InChI=1S/C21H18FN3O2/c1-14(26)15-6-8-18(9-7-15)25-21(27)16-10-11-23-20(12-16)24-13-17-4-2-3-5-19(17)22/h2-12H,13H2,1H3,(H,23,24)(H,25,27). The Morgan fingerprint density at radius 2 is 1.74 bits per heavy atom. The smallest absolute Gasteiger partial charge is 0.255 e. The van der Waals surface area contributed by atoms with Crippen LogP contribution >= 0.6 is 0 Å². The van der Waals surface area contributed by atoms with Gasteiger partial charge in [0.05, 0.1) is 0 Å². The van der Waals surface area contributed by atoms with Crippen molar-refractivity contribution >= 4 is 23.2 Å². The van der Waals surface area contributed by atoms with Crippen molar-refractivity contribution in [3.8, 4) is 0 Å². The molecule has 27 heavy (non-hydrogen) atoms. The Morgan fingerprint density at radius 3 is 2.44 bits per heavy atom. The molecule has 0 fully saturated rings. The molecule has 0 spiro atoms. The zero-order valence-electron chi connectivity index (χ0n) is 14.7. The number of nitrogens with zero attached hydrogens (tertiary/aromatic N) is 1. The van der Waals surface area contributed by atoms with Crippen molar-refractivity contribution in [1.29, 1.82) is 0 Å². The molecule has 0 aliphatic heterocycles. The zero-order valence-corrected chi connectivity index (χ0v) is 14.7. The molecule has 0 saturated carbocycles. The molecule has 0 saturated heterocycles. The van der Waals surface area contributed by atoms with E-state index in [0.717, 1.165) is 0 Å². The minimum absolute atomic E-state index is 0.0346. The number of pyridine rings is 1. The Labute approximate surface area is 156 Å². The molecule has 0 aliphatic rings. The Kier molecular flexibility index (Phi) is 5.56. The topological polar surface area (TPSA) is 71.1 Å². The van der Waals surface area contributed by atoms with Crippen molar-refractivity contribution < 1.29 is 14.0 Å². The Bertz CT molecular complexity index is 971. The molecule has 3 rings (SSSR count). The van der Waals surface area contributed by atoms with Gasteiger partial charge >= 0.3 is 0 Å². The highest BCUT2D eigenvalue weighted by Gasteiger charge is 2.09. The highest BCUT2D eigenvalue weighted by molar-refractivity contribution is 6.05. The first-order chi connectivity index (χ1) is 13.0. The number of hydrogen-bond donors (Lipinski definition) is 2. The summed E-state index contributed by atoms with van der Waals surface area (Å²) in [7, 11) is 0. The summed E-state index contributed by atoms with van der Waals surface area (Å²) in [5.74, 6) is -0.166. The van der Waals surface area contributed by atoms with Crippen molar-refractivity contribution in [3.05, 3.63) is 89.4 Å². The van der Waals surface area contributed by atoms with Crippen LogP contribution in [0.2, 0.25) is 0 Å². The highest BCUT2D eigenvalue weighted by Crippen LogP contribution is 2.14. The van der Waals surface area contributed by atoms with Gasteiger partial charge in [-0.3, -0.25) is 9.59 Å². The molecular formula is C21H18FN3O2. The van der Waals surface area contributed by atoms with Gasteiger partial charge in [0.1, 0.15) is 11.6 Å². The highest BCUT2D eigenvalue weighted by atomic mass is 19.1. The van der Waals surface area contributed by atoms with Gasteiger partial charge in [0.15, 0.2) is 5.78 Å². The number of ketones is 1. The third-order valence-electron chi connectivity index (χ3n) is 3.99. The minimum Gasteiger partial charge on any atom is -0.366 e. The lowest BCUT2D eigenvalue weighted by Crippen LogP contribution is -2.13. The van der Waals surface area contributed by atoms with Crippen molar-refractivity contribution in [2.24, 2.45) is 0 Å². The van der Waals surface area contributed by atoms with Crippen molar-refractivity contribution in [2.75, 3.05) is 10.6 Å².